The van der Waals surface area contributed by atoms with E-state index in [1.165, 1.54) is 28.4 Å². The van der Waals surface area contributed by atoms with Gasteiger partial charge in [0.05, 0.1) is 17.0 Å². The second kappa shape index (κ2) is 8.03. The summed E-state index contributed by atoms with van der Waals surface area (Å²) in [6.45, 7) is 0. The number of carbonyl (C=O) groups is 2. The first-order valence-corrected chi connectivity index (χ1v) is 10.8. The number of aromatic nitrogens is 4. The van der Waals surface area contributed by atoms with E-state index in [1.807, 2.05) is 18.2 Å². The summed E-state index contributed by atoms with van der Waals surface area (Å²) in [5, 5.41) is 4.80. The Kier molecular flexibility index (Phi) is 5.07. The van der Waals surface area contributed by atoms with Crippen molar-refractivity contribution in [1.29, 1.82) is 0 Å². The number of Topliss-reactive ketones (excluding diaryl/α,β-unsaturated/α-hetero) is 2. The van der Waals surface area contributed by atoms with Gasteiger partial charge >= 0.3 is 0 Å². The van der Waals surface area contributed by atoms with Crippen molar-refractivity contribution < 1.29 is 14.0 Å². The van der Waals surface area contributed by atoms with Crippen LogP contribution < -0.4 is 0 Å². The molecule has 1 atom stereocenters. The van der Waals surface area contributed by atoms with E-state index in [9.17, 15) is 14.0 Å². The van der Waals surface area contributed by atoms with Crippen LogP contribution in [0.5, 0.6) is 0 Å². The normalized spacial score (nSPS) is 15.8. The Morgan fingerprint density at radius 2 is 1.84 bits per heavy atom. The molecule has 5 rings (SSSR count). The zero-order valence-corrected chi connectivity index (χ0v) is 17.2. The van der Waals surface area contributed by atoms with Gasteiger partial charge in [-0.25, -0.2) is 13.9 Å². The van der Waals surface area contributed by atoms with E-state index in [0.29, 0.717) is 40.6 Å². The Hall–Kier alpha value is -3.39. The number of benzene rings is 2. The van der Waals surface area contributed by atoms with E-state index in [1.54, 1.807) is 30.5 Å². The SMILES string of the molecule is O=C(CSc1nc2nc3c(cn2n1)C(=O)CC(c1ccc(F)cc1)C3)c1ccccc1. The summed E-state index contributed by atoms with van der Waals surface area (Å²) in [7, 11) is 0. The molecule has 0 fully saturated rings. The monoisotopic (exact) mass is 432 g/mol. The predicted octanol–water partition coefficient (Wildman–Crippen LogP) is 4.15. The molecule has 1 aliphatic rings. The van der Waals surface area contributed by atoms with E-state index in [4.69, 9.17) is 0 Å². The summed E-state index contributed by atoms with van der Waals surface area (Å²) in [5.74, 6) is 0.233. The number of hydrogen-bond donors (Lipinski definition) is 0. The molecule has 2 aromatic heterocycles. The lowest BCUT2D eigenvalue weighted by Gasteiger charge is -2.23. The first-order valence-electron chi connectivity index (χ1n) is 9.83. The van der Waals surface area contributed by atoms with Gasteiger partial charge in [0.1, 0.15) is 5.82 Å². The third-order valence-electron chi connectivity index (χ3n) is 5.33. The standard InChI is InChI=1S/C23H17FN4O2S/c24-17-8-6-14(7-9-17)16-10-19-18(20(29)11-16)12-28-22(25-19)26-23(27-28)31-13-21(30)15-4-2-1-3-5-15/h1-9,12,16H,10-11,13H2. The molecule has 31 heavy (non-hydrogen) atoms. The molecule has 0 spiro atoms. The topological polar surface area (TPSA) is 77.2 Å². The van der Waals surface area contributed by atoms with E-state index >= 15 is 0 Å². The summed E-state index contributed by atoms with van der Waals surface area (Å²) >= 11 is 1.24. The van der Waals surface area contributed by atoms with Gasteiger partial charge in [0, 0.05) is 18.2 Å². The highest BCUT2D eigenvalue weighted by Gasteiger charge is 2.28. The second-order valence-corrected chi connectivity index (χ2v) is 8.34. The molecule has 1 aliphatic carbocycles. The van der Waals surface area contributed by atoms with Crippen molar-refractivity contribution in [3.63, 3.8) is 0 Å². The van der Waals surface area contributed by atoms with Gasteiger partial charge in [-0.2, -0.15) is 4.98 Å². The van der Waals surface area contributed by atoms with Crippen LogP contribution in [0.3, 0.4) is 0 Å². The fourth-order valence-electron chi connectivity index (χ4n) is 3.73. The molecule has 154 valence electrons. The number of ketones is 2. The van der Waals surface area contributed by atoms with Crippen molar-refractivity contribution in [2.45, 2.75) is 23.9 Å². The molecule has 8 heteroatoms. The van der Waals surface area contributed by atoms with Crippen LogP contribution >= 0.6 is 11.8 Å². The van der Waals surface area contributed by atoms with Crippen LogP contribution in [0, 0.1) is 5.82 Å². The van der Waals surface area contributed by atoms with Crippen molar-refractivity contribution in [2.75, 3.05) is 5.75 Å². The molecular formula is C23H17FN4O2S. The van der Waals surface area contributed by atoms with Crippen LogP contribution in [-0.2, 0) is 6.42 Å². The summed E-state index contributed by atoms with van der Waals surface area (Å²) in [4.78, 5) is 34.0. The molecule has 0 N–H and O–H groups in total. The summed E-state index contributed by atoms with van der Waals surface area (Å²) < 4.78 is 14.7. The van der Waals surface area contributed by atoms with Crippen LogP contribution in [0.2, 0.25) is 0 Å². The molecule has 0 saturated carbocycles. The summed E-state index contributed by atoms with van der Waals surface area (Å²) in [6, 6.07) is 15.3. The van der Waals surface area contributed by atoms with E-state index < -0.39 is 0 Å². The van der Waals surface area contributed by atoms with Crippen molar-refractivity contribution in [1.82, 2.24) is 19.6 Å². The summed E-state index contributed by atoms with van der Waals surface area (Å²) in [5.41, 5.74) is 2.76. The fourth-order valence-corrected chi connectivity index (χ4v) is 4.45. The van der Waals surface area contributed by atoms with E-state index in [0.717, 1.165) is 5.56 Å². The van der Waals surface area contributed by atoms with Gasteiger partial charge in [-0.3, -0.25) is 9.59 Å². The van der Waals surface area contributed by atoms with Crippen LogP contribution in [-0.4, -0.2) is 36.9 Å². The third-order valence-corrected chi connectivity index (χ3v) is 6.17. The number of hydrogen-bond acceptors (Lipinski definition) is 6. The zero-order valence-electron chi connectivity index (χ0n) is 16.4. The second-order valence-electron chi connectivity index (χ2n) is 7.40. The lowest BCUT2D eigenvalue weighted by Crippen LogP contribution is -2.21. The minimum absolute atomic E-state index is 0.00553. The maximum absolute atomic E-state index is 13.2. The molecule has 4 aromatic rings. The van der Waals surface area contributed by atoms with E-state index in [-0.39, 0.29) is 29.1 Å². The molecule has 0 radical (unpaired) electrons. The highest BCUT2D eigenvalue weighted by molar-refractivity contribution is 7.99. The maximum Gasteiger partial charge on any atom is 0.253 e. The Morgan fingerprint density at radius 3 is 2.61 bits per heavy atom. The van der Waals surface area contributed by atoms with Gasteiger partial charge in [0.15, 0.2) is 11.6 Å². The first kappa shape index (κ1) is 19.6. The predicted molar refractivity (Wildman–Crippen MR) is 114 cm³/mol. The van der Waals surface area contributed by atoms with Gasteiger partial charge in [-0.1, -0.05) is 54.2 Å². The average molecular weight is 432 g/mol. The van der Waals surface area contributed by atoms with Crippen molar-refractivity contribution >= 4 is 29.1 Å². The van der Waals surface area contributed by atoms with Gasteiger partial charge in [-0.15, -0.1) is 5.10 Å². The van der Waals surface area contributed by atoms with Gasteiger partial charge in [0.25, 0.3) is 5.78 Å². The number of nitrogens with zero attached hydrogens (tertiary/aromatic N) is 4. The van der Waals surface area contributed by atoms with E-state index in [2.05, 4.69) is 15.1 Å². The van der Waals surface area contributed by atoms with Crippen LogP contribution in [0.25, 0.3) is 5.78 Å². The minimum Gasteiger partial charge on any atom is -0.294 e. The molecule has 1 unspecified atom stereocenters. The lowest BCUT2D eigenvalue weighted by molar-refractivity contribution is 0.0961. The summed E-state index contributed by atoms with van der Waals surface area (Å²) in [6.07, 6.45) is 2.58. The molecule has 0 bridgehead atoms. The highest BCUT2D eigenvalue weighted by atomic mass is 32.2. The van der Waals surface area contributed by atoms with Crippen molar-refractivity contribution in [2.24, 2.45) is 0 Å². The minimum atomic E-state index is -0.301. The highest BCUT2D eigenvalue weighted by Crippen LogP contribution is 2.32. The zero-order chi connectivity index (χ0) is 21.4. The van der Waals surface area contributed by atoms with Crippen LogP contribution in [0.1, 0.15) is 44.3 Å². The fraction of sp³-hybridized carbons (Fsp3) is 0.174. The number of rotatable bonds is 5. The molecular weight excluding hydrogens is 415 g/mol. The number of fused-ring (bicyclic) bond motifs is 2. The Bertz CT molecular complexity index is 1290. The largest absolute Gasteiger partial charge is 0.294 e. The molecule has 2 aromatic carbocycles. The lowest BCUT2D eigenvalue weighted by atomic mass is 9.82. The number of thioether (sulfide) groups is 1. The Labute approximate surface area is 181 Å². The van der Waals surface area contributed by atoms with Crippen LogP contribution in [0.4, 0.5) is 4.39 Å². The number of carbonyl (C=O) groups excluding carboxylic acids is 2. The quantitative estimate of drug-likeness (QED) is 0.348. The number of halogens is 1. The molecule has 6 nitrogen and oxygen atoms in total. The molecule has 0 saturated heterocycles. The molecule has 2 heterocycles. The van der Waals surface area contributed by atoms with Gasteiger partial charge in [0.2, 0.25) is 5.16 Å². The van der Waals surface area contributed by atoms with Crippen LogP contribution in [0.15, 0.2) is 66.0 Å². The average Bonchev–Trinajstić information content (AvgIpc) is 3.19. The third kappa shape index (κ3) is 3.98. The van der Waals surface area contributed by atoms with Gasteiger partial charge in [-0.05, 0) is 30.0 Å². The Morgan fingerprint density at radius 1 is 1.06 bits per heavy atom. The first-order chi connectivity index (χ1) is 15.1. The smallest absolute Gasteiger partial charge is 0.253 e. The molecule has 0 amide bonds. The van der Waals surface area contributed by atoms with Gasteiger partial charge < -0.3 is 0 Å². The maximum atomic E-state index is 13.2. The molecule has 0 aliphatic heterocycles. The van der Waals surface area contributed by atoms with Crippen molar-refractivity contribution in [3.8, 4) is 0 Å². The Balaban J connectivity index is 1.37. The van der Waals surface area contributed by atoms with Crippen molar-refractivity contribution in [3.05, 3.63) is 89.0 Å².